The third-order valence-electron chi connectivity index (χ3n) is 4.25. The number of halogens is 3. The minimum absolute atomic E-state index is 0.0143. The van der Waals surface area contributed by atoms with Gasteiger partial charge in [-0.2, -0.15) is 13.2 Å². The Morgan fingerprint density at radius 1 is 1.19 bits per heavy atom. The molecule has 21 heavy (non-hydrogen) atoms. The minimum Gasteiger partial charge on any atom is -0.317 e. The largest absolute Gasteiger partial charge is 0.416 e. The average Bonchev–Trinajstić information content (AvgIpc) is 2.47. The zero-order valence-corrected chi connectivity index (χ0v) is 12.1. The van der Waals surface area contributed by atoms with Crippen molar-refractivity contribution in [3.8, 4) is 0 Å². The molecule has 1 saturated heterocycles. The summed E-state index contributed by atoms with van der Waals surface area (Å²) < 4.78 is 37.7. The lowest BCUT2D eigenvalue weighted by Gasteiger charge is -2.36. The van der Waals surface area contributed by atoms with Crippen LogP contribution in [0.4, 0.5) is 13.2 Å². The molecule has 2 nitrogen and oxygen atoms in total. The average molecular weight is 299 g/mol. The van der Waals surface area contributed by atoms with Crippen LogP contribution in [0.1, 0.15) is 48.5 Å². The first-order chi connectivity index (χ1) is 9.89. The molecule has 0 spiro atoms. The summed E-state index contributed by atoms with van der Waals surface area (Å²) in [7, 11) is 0. The Bertz CT molecular complexity index is 482. The molecule has 1 aliphatic rings. The Balaban J connectivity index is 2.25. The number of piperidine rings is 1. The van der Waals surface area contributed by atoms with Crippen LogP contribution in [0.15, 0.2) is 24.3 Å². The van der Waals surface area contributed by atoms with Crippen molar-refractivity contribution in [3.63, 3.8) is 0 Å². The Labute approximate surface area is 122 Å². The quantitative estimate of drug-likeness (QED) is 0.850. The number of alkyl halides is 3. The number of nitrogens with one attached hydrogen (secondary N) is 1. The van der Waals surface area contributed by atoms with Crippen molar-refractivity contribution in [1.29, 1.82) is 0 Å². The van der Waals surface area contributed by atoms with Gasteiger partial charge in [-0.15, -0.1) is 0 Å². The molecule has 2 rings (SSSR count). The van der Waals surface area contributed by atoms with Crippen LogP contribution in [-0.4, -0.2) is 18.9 Å². The highest BCUT2D eigenvalue weighted by Gasteiger charge is 2.39. The van der Waals surface area contributed by atoms with Crippen LogP contribution in [0.25, 0.3) is 0 Å². The second-order valence-corrected chi connectivity index (χ2v) is 5.68. The van der Waals surface area contributed by atoms with Crippen LogP contribution in [0.3, 0.4) is 0 Å². The van der Waals surface area contributed by atoms with Gasteiger partial charge in [0.2, 0.25) is 0 Å². The zero-order valence-electron chi connectivity index (χ0n) is 12.1. The van der Waals surface area contributed by atoms with Gasteiger partial charge >= 0.3 is 6.18 Å². The molecular weight excluding hydrogens is 279 g/mol. The first-order valence-corrected chi connectivity index (χ1v) is 7.32. The molecule has 1 aromatic rings. The van der Waals surface area contributed by atoms with E-state index in [0.29, 0.717) is 5.56 Å². The van der Waals surface area contributed by atoms with E-state index in [4.69, 9.17) is 0 Å². The van der Waals surface area contributed by atoms with Gasteiger partial charge in [0.05, 0.1) is 5.56 Å². The maximum Gasteiger partial charge on any atom is 0.416 e. The molecule has 1 aromatic carbocycles. The number of hydrogen-bond acceptors (Lipinski definition) is 2. The van der Waals surface area contributed by atoms with E-state index >= 15 is 0 Å². The van der Waals surface area contributed by atoms with Gasteiger partial charge < -0.3 is 5.32 Å². The van der Waals surface area contributed by atoms with E-state index in [2.05, 4.69) is 5.32 Å². The monoisotopic (exact) mass is 299 g/mol. The third kappa shape index (κ3) is 3.46. The molecule has 5 heteroatoms. The molecule has 116 valence electrons. The van der Waals surface area contributed by atoms with Gasteiger partial charge in [0, 0.05) is 11.0 Å². The molecule has 1 N–H and O–H groups in total. The number of carbonyl (C=O) groups excluding carboxylic acids is 1. The number of benzene rings is 1. The van der Waals surface area contributed by atoms with Gasteiger partial charge in [0.15, 0.2) is 5.78 Å². The summed E-state index contributed by atoms with van der Waals surface area (Å²) in [5.74, 6) is -0.0143. The summed E-state index contributed by atoms with van der Waals surface area (Å²) >= 11 is 0. The van der Waals surface area contributed by atoms with Crippen molar-refractivity contribution in [3.05, 3.63) is 35.4 Å². The number of ketones is 1. The summed E-state index contributed by atoms with van der Waals surface area (Å²) in [6.07, 6.45) is -1.18. The first-order valence-electron chi connectivity index (χ1n) is 7.32. The lowest BCUT2D eigenvalue weighted by atomic mass is 9.70. The van der Waals surface area contributed by atoms with Crippen molar-refractivity contribution in [2.24, 2.45) is 5.41 Å². The molecule has 0 saturated carbocycles. The highest BCUT2D eigenvalue weighted by atomic mass is 19.4. The van der Waals surface area contributed by atoms with Crippen LogP contribution < -0.4 is 5.32 Å². The smallest absolute Gasteiger partial charge is 0.317 e. The summed E-state index contributed by atoms with van der Waals surface area (Å²) in [6.45, 7) is 3.60. The lowest BCUT2D eigenvalue weighted by Crippen LogP contribution is -2.42. The van der Waals surface area contributed by atoms with Crippen LogP contribution >= 0.6 is 0 Å². The number of rotatable bonds is 4. The molecule has 1 aliphatic heterocycles. The molecule has 0 amide bonds. The van der Waals surface area contributed by atoms with Crippen LogP contribution in [0.2, 0.25) is 0 Å². The molecule has 0 aromatic heterocycles. The molecule has 1 fully saturated rings. The van der Waals surface area contributed by atoms with Crippen molar-refractivity contribution in [2.45, 2.75) is 38.8 Å². The van der Waals surface area contributed by atoms with E-state index in [1.807, 2.05) is 6.92 Å². The van der Waals surface area contributed by atoms with Gasteiger partial charge in [0.25, 0.3) is 0 Å². The summed E-state index contributed by atoms with van der Waals surface area (Å²) in [5.41, 5.74) is -0.744. The molecule has 0 unspecified atom stereocenters. The molecule has 1 heterocycles. The van der Waals surface area contributed by atoms with E-state index in [1.54, 1.807) is 0 Å². The van der Waals surface area contributed by atoms with Crippen LogP contribution in [0.5, 0.6) is 0 Å². The van der Waals surface area contributed by atoms with Gasteiger partial charge in [-0.3, -0.25) is 4.79 Å². The van der Waals surface area contributed by atoms with E-state index in [1.165, 1.54) is 12.1 Å². The molecule has 0 atom stereocenters. The summed E-state index contributed by atoms with van der Waals surface area (Å²) in [5, 5.41) is 3.23. The molecular formula is C16H20F3NO. The highest BCUT2D eigenvalue weighted by Crippen LogP contribution is 2.38. The highest BCUT2D eigenvalue weighted by molar-refractivity contribution is 6.00. The normalized spacial score (nSPS) is 18.5. The maximum atomic E-state index is 12.8. The third-order valence-corrected chi connectivity index (χ3v) is 4.25. The zero-order chi connectivity index (χ0) is 15.5. The Morgan fingerprint density at radius 3 is 2.24 bits per heavy atom. The number of Topliss-reactive ketones (excluding diaryl/α,β-unsaturated/α-hetero) is 1. The molecule has 0 radical (unpaired) electrons. The Kier molecular flexibility index (Phi) is 4.71. The van der Waals surface area contributed by atoms with Crippen molar-refractivity contribution in [2.75, 3.05) is 13.1 Å². The minimum atomic E-state index is -4.36. The fourth-order valence-corrected chi connectivity index (χ4v) is 3.09. The predicted molar refractivity (Wildman–Crippen MR) is 75.2 cm³/mol. The van der Waals surface area contributed by atoms with Crippen molar-refractivity contribution < 1.29 is 18.0 Å². The second-order valence-electron chi connectivity index (χ2n) is 5.68. The van der Waals surface area contributed by atoms with E-state index in [0.717, 1.165) is 50.9 Å². The Hall–Kier alpha value is -1.36. The fraction of sp³-hybridized carbons (Fsp3) is 0.562. The Morgan fingerprint density at radius 2 is 1.76 bits per heavy atom. The SMILES string of the molecule is CCCC1(C(=O)c2ccc(C(F)(F)F)cc2)CCNCC1. The second kappa shape index (κ2) is 6.18. The number of carbonyl (C=O) groups is 1. The maximum absolute atomic E-state index is 12.8. The van der Waals surface area contributed by atoms with Gasteiger partial charge in [-0.05, 0) is 44.5 Å². The van der Waals surface area contributed by atoms with E-state index < -0.39 is 17.2 Å². The standard InChI is InChI=1S/C16H20F3NO/c1-2-7-15(8-10-20-11-9-15)14(21)12-3-5-13(6-4-12)16(17,18)19/h3-6,20H,2,7-11H2,1H3. The van der Waals surface area contributed by atoms with Crippen molar-refractivity contribution in [1.82, 2.24) is 5.32 Å². The summed E-state index contributed by atoms with van der Waals surface area (Å²) in [6, 6.07) is 4.61. The van der Waals surface area contributed by atoms with Gasteiger partial charge in [-0.1, -0.05) is 25.5 Å². The van der Waals surface area contributed by atoms with Gasteiger partial charge in [0.1, 0.15) is 0 Å². The first kappa shape index (κ1) is 16.0. The lowest BCUT2D eigenvalue weighted by molar-refractivity contribution is -0.137. The molecule has 0 aliphatic carbocycles. The molecule has 0 bridgehead atoms. The van der Waals surface area contributed by atoms with Crippen LogP contribution in [-0.2, 0) is 6.18 Å². The van der Waals surface area contributed by atoms with Crippen molar-refractivity contribution >= 4 is 5.78 Å². The predicted octanol–water partition coefficient (Wildman–Crippen LogP) is 4.06. The van der Waals surface area contributed by atoms with Crippen LogP contribution in [0, 0.1) is 5.41 Å². The van der Waals surface area contributed by atoms with Gasteiger partial charge in [-0.25, -0.2) is 0 Å². The number of hydrogen-bond donors (Lipinski definition) is 1. The van der Waals surface area contributed by atoms with E-state index in [9.17, 15) is 18.0 Å². The topological polar surface area (TPSA) is 29.1 Å². The fourth-order valence-electron chi connectivity index (χ4n) is 3.09. The summed E-state index contributed by atoms with van der Waals surface area (Å²) in [4.78, 5) is 12.8. The van der Waals surface area contributed by atoms with E-state index in [-0.39, 0.29) is 5.78 Å².